The van der Waals surface area contributed by atoms with Crippen molar-refractivity contribution in [3.63, 3.8) is 0 Å². The van der Waals surface area contributed by atoms with E-state index in [0.29, 0.717) is 43.4 Å². The van der Waals surface area contributed by atoms with E-state index in [1.165, 1.54) is 0 Å². The third kappa shape index (κ3) is 5.69. The van der Waals surface area contributed by atoms with Gasteiger partial charge in [-0.25, -0.2) is 4.79 Å². The highest BCUT2D eigenvalue weighted by Crippen LogP contribution is 2.34. The third-order valence-corrected chi connectivity index (χ3v) is 6.34. The zero-order valence-corrected chi connectivity index (χ0v) is 19.3. The molecule has 2 heterocycles. The Balaban J connectivity index is 1.46. The van der Waals surface area contributed by atoms with Crippen LogP contribution in [-0.4, -0.2) is 74.0 Å². The van der Waals surface area contributed by atoms with Gasteiger partial charge in [0.15, 0.2) is 11.5 Å². The monoisotopic (exact) mass is 455 g/mol. The second kappa shape index (κ2) is 10.8. The quantitative estimate of drug-likeness (QED) is 0.637. The number of likely N-dealkylation sites (tertiary alicyclic amines) is 1. The number of nitrogens with one attached hydrogen (secondary N) is 1. The highest BCUT2D eigenvalue weighted by Gasteiger charge is 2.31. The van der Waals surface area contributed by atoms with Crippen LogP contribution in [0.2, 0.25) is 0 Å². The maximum absolute atomic E-state index is 13.0. The molecule has 0 aliphatic carbocycles. The van der Waals surface area contributed by atoms with Crippen LogP contribution in [0.15, 0.2) is 42.5 Å². The number of carbonyl (C=O) groups excluding carboxylic acids is 1. The molecule has 2 atom stereocenters. The van der Waals surface area contributed by atoms with Crippen molar-refractivity contribution in [2.75, 3.05) is 47.0 Å². The first kappa shape index (κ1) is 23.2. The number of rotatable bonds is 8. The molecule has 0 spiro atoms. The summed E-state index contributed by atoms with van der Waals surface area (Å²) in [4.78, 5) is 17.0. The van der Waals surface area contributed by atoms with E-state index in [1.54, 1.807) is 19.1 Å². The van der Waals surface area contributed by atoms with Gasteiger partial charge in [-0.1, -0.05) is 18.2 Å². The molecule has 1 saturated heterocycles. The molecule has 2 aromatic rings. The summed E-state index contributed by atoms with van der Waals surface area (Å²) in [5, 5.41) is 14.3. The van der Waals surface area contributed by atoms with Crippen LogP contribution in [-0.2, 0) is 6.54 Å². The highest BCUT2D eigenvalue weighted by molar-refractivity contribution is 5.74. The third-order valence-electron chi connectivity index (χ3n) is 6.34. The van der Waals surface area contributed by atoms with E-state index >= 15 is 0 Å². The number of fused-ring (bicyclic) bond motifs is 1. The van der Waals surface area contributed by atoms with Crippen LogP contribution in [0.25, 0.3) is 0 Å². The second-order valence-electron chi connectivity index (χ2n) is 8.54. The van der Waals surface area contributed by atoms with Crippen molar-refractivity contribution in [3.8, 4) is 17.2 Å². The molecule has 0 aromatic heterocycles. The summed E-state index contributed by atoms with van der Waals surface area (Å²) in [6.45, 7) is 3.95. The maximum atomic E-state index is 13.0. The molecular formula is C25H33N3O5. The Bertz CT molecular complexity index is 930. The number of benzene rings is 2. The molecule has 1 fully saturated rings. The molecule has 8 nitrogen and oxygen atoms in total. The van der Waals surface area contributed by atoms with Gasteiger partial charge in [-0.15, -0.1) is 0 Å². The Kier molecular flexibility index (Phi) is 7.57. The van der Waals surface area contributed by atoms with E-state index < -0.39 is 12.1 Å². The summed E-state index contributed by atoms with van der Waals surface area (Å²) in [5.41, 5.74) is 1.68. The van der Waals surface area contributed by atoms with Crippen LogP contribution in [0, 0.1) is 0 Å². The molecule has 33 heavy (non-hydrogen) atoms. The van der Waals surface area contributed by atoms with Crippen LogP contribution in [0.3, 0.4) is 0 Å². The molecule has 0 bridgehead atoms. The van der Waals surface area contributed by atoms with Gasteiger partial charge in [-0.3, -0.25) is 0 Å². The fourth-order valence-corrected chi connectivity index (χ4v) is 4.33. The van der Waals surface area contributed by atoms with Gasteiger partial charge in [0.25, 0.3) is 0 Å². The zero-order chi connectivity index (χ0) is 23.2. The Morgan fingerprint density at radius 1 is 1.12 bits per heavy atom. The summed E-state index contributed by atoms with van der Waals surface area (Å²) >= 11 is 0. The highest BCUT2D eigenvalue weighted by atomic mass is 16.6. The van der Waals surface area contributed by atoms with E-state index in [2.05, 4.69) is 10.2 Å². The van der Waals surface area contributed by atoms with Crippen molar-refractivity contribution in [3.05, 3.63) is 53.6 Å². The number of likely N-dealkylation sites (N-methyl/N-ethyl adjacent to an activating group) is 1. The van der Waals surface area contributed by atoms with E-state index in [0.717, 1.165) is 37.2 Å². The Labute approximate surface area is 195 Å². The SMILES string of the molecule is COc1ccc(CNC(=O)N(C)[C@H](CN2CCCC2)C(O)c2ccc3c(c2)OCCO3)cc1. The lowest BCUT2D eigenvalue weighted by atomic mass is 10.00. The van der Waals surface area contributed by atoms with E-state index in [-0.39, 0.29) is 6.03 Å². The summed E-state index contributed by atoms with van der Waals surface area (Å²) in [7, 11) is 3.37. The summed E-state index contributed by atoms with van der Waals surface area (Å²) in [6, 6.07) is 12.4. The van der Waals surface area contributed by atoms with Crippen LogP contribution in [0.4, 0.5) is 4.79 Å². The number of hydrogen-bond donors (Lipinski definition) is 2. The number of hydrogen-bond acceptors (Lipinski definition) is 6. The molecule has 2 N–H and O–H groups in total. The molecule has 178 valence electrons. The number of carbonyl (C=O) groups is 1. The van der Waals surface area contributed by atoms with Crippen molar-refractivity contribution in [1.29, 1.82) is 0 Å². The Morgan fingerprint density at radius 2 is 1.82 bits per heavy atom. The van der Waals surface area contributed by atoms with Crippen molar-refractivity contribution in [2.45, 2.75) is 31.5 Å². The Morgan fingerprint density at radius 3 is 2.52 bits per heavy atom. The first-order valence-corrected chi connectivity index (χ1v) is 11.5. The predicted octanol–water partition coefficient (Wildman–Crippen LogP) is 2.81. The molecule has 2 aromatic carbocycles. The van der Waals surface area contributed by atoms with Gasteiger partial charge in [-0.05, 0) is 61.3 Å². The smallest absolute Gasteiger partial charge is 0.317 e. The van der Waals surface area contributed by atoms with Gasteiger partial charge in [0, 0.05) is 20.1 Å². The molecule has 2 aliphatic rings. The molecule has 0 saturated carbocycles. The van der Waals surface area contributed by atoms with E-state index in [9.17, 15) is 9.90 Å². The fourth-order valence-electron chi connectivity index (χ4n) is 4.33. The van der Waals surface area contributed by atoms with Crippen LogP contribution >= 0.6 is 0 Å². The summed E-state index contributed by atoms with van der Waals surface area (Å²) in [6.07, 6.45) is 1.42. The van der Waals surface area contributed by atoms with Gasteiger partial charge >= 0.3 is 6.03 Å². The molecule has 8 heteroatoms. The summed E-state index contributed by atoms with van der Waals surface area (Å²) in [5.74, 6) is 2.08. The van der Waals surface area contributed by atoms with Gasteiger partial charge in [-0.2, -0.15) is 0 Å². The van der Waals surface area contributed by atoms with Gasteiger partial charge < -0.3 is 34.4 Å². The van der Waals surface area contributed by atoms with Gasteiger partial charge in [0.2, 0.25) is 0 Å². The molecular weight excluding hydrogens is 422 g/mol. The standard InChI is InChI=1S/C25H33N3O5/c1-27(25(30)26-16-18-5-8-20(31-2)9-6-18)21(17-28-11-3-4-12-28)24(29)19-7-10-22-23(15-19)33-14-13-32-22/h5-10,15,21,24,29H,3-4,11-14,16-17H2,1-2H3,(H,26,30)/t21-,24?/m1/s1. The van der Waals surface area contributed by atoms with Crippen LogP contribution < -0.4 is 19.5 Å². The first-order chi connectivity index (χ1) is 16.0. The van der Waals surface area contributed by atoms with E-state index in [1.807, 2.05) is 42.5 Å². The number of urea groups is 1. The summed E-state index contributed by atoms with van der Waals surface area (Å²) < 4.78 is 16.5. The average molecular weight is 456 g/mol. The average Bonchev–Trinajstić information content (AvgIpc) is 3.38. The lowest BCUT2D eigenvalue weighted by Crippen LogP contribution is -2.50. The first-order valence-electron chi connectivity index (χ1n) is 11.5. The number of methoxy groups -OCH3 is 1. The van der Waals surface area contributed by atoms with Crippen LogP contribution in [0.1, 0.15) is 30.1 Å². The number of aliphatic hydroxyl groups excluding tert-OH is 1. The van der Waals surface area contributed by atoms with Crippen molar-refractivity contribution in [2.24, 2.45) is 0 Å². The van der Waals surface area contributed by atoms with E-state index in [4.69, 9.17) is 14.2 Å². The Hall–Kier alpha value is -2.97. The zero-order valence-electron chi connectivity index (χ0n) is 19.3. The molecule has 4 rings (SSSR count). The molecule has 2 aliphatic heterocycles. The number of ether oxygens (including phenoxy) is 3. The number of aliphatic hydroxyl groups is 1. The second-order valence-corrected chi connectivity index (χ2v) is 8.54. The largest absolute Gasteiger partial charge is 0.497 e. The minimum absolute atomic E-state index is 0.230. The minimum Gasteiger partial charge on any atom is -0.497 e. The lowest BCUT2D eigenvalue weighted by Gasteiger charge is -2.35. The molecule has 2 amide bonds. The molecule has 0 radical (unpaired) electrons. The fraction of sp³-hybridized carbons (Fsp3) is 0.480. The van der Waals surface area contributed by atoms with Crippen molar-refractivity contribution >= 4 is 6.03 Å². The van der Waals surface area contributed by atoms with Gasteiger partial charge in [0.05, 0.1) is 13.2 Å². The van der Waals surface area contributed by atoms with Crippen molar-refractivity contribution < 1.29 is 24.1 Å². The van der Waals surface area contributed by atoms with Gasteiger partial charge in [0.1, 0.15) is 25.1 Å². The lowest BCUT2D eigenvalue weighted by molar-refractivity contribution is 0.0569. The predicted molar refractivity (Wildman–Crippen MR) is 125 cm³/mol. The number of nitrogens with zero attached hydrogens (tertiary/aromatic N) is 2. The minimum atomic E-state index is -0.863. The maximum Gasteiger partial charge on any atom is 0.317 e. The topological polar surface area (TPSA) is 83.5 Å². The molecule has 1 unspecified atom stereocenters. The normalized spacial score (nSPS) is 17.3. The van der Waals surface area contributed by atoms with Crippen LogP contribution in [0.5, 0.6) is 17.2 Å². The van der Waals surface area contributed by atoms with Crippen molar-refractivity contribution in [1.82, 2.24) is 15.1 Å². The number of amides is 2.